The van der Waals surface area contributed by atoms with Crippen molar-refractivity contribution < 1.29 is 10.0 Å². The van der Waals surface area contributed by atoms with Crippen molar-refractivity contribution in [2.75, 3.05) is 6.54 Å². The molecule has 0 unspecified atom stereocenters. The molecule has 1 aromatic rings. The Bertz CT molecular complexity index is 301. The minimum Gasteiger partial charge on any atom is -0.380 e. The maximum atomic E-state index is 10.1. The highest BCUT2D eigenvalue weighted by Gasteiger charge is 2.14. The van der Waals surface area contributed by atoms with Gasteiger partial charge in [0.25, 0.3) is 0 Å². The van der Waals surface area contributed by atoms with Crippen LogP contribution in [0.3, 0.4) is 0 Å². The number of nitro groups is 1. The molecule has 0 aliphatic carbocycles. The molecule has 1 atom stereocenters. The van der Waals surface area contributed by atoms with E-state index in [9.17, 15) is 15.2 Å². The smallest absolute Gasteiger partial charge is 0.235 e. The van der Waals surface area contributed by atoms with E-state index in [-0.39, 0.29) is 0 Å². The molecule has 1 rings (SSSR count). The first kappa shape index (κ1) is 10.1. The quantitative estimate of drug-likeness (QED) is 0.642. The van der Waals surface area contributed by atoms with Gasteiger partial charge in [0.1, 0.15) is 0 Å². The second-order valence-electron chi connectivity index (χ2n) is 2.43. The summed E-state index contributed by atoms with van der Waals surface area (Å²) in [6.07, 6.45) is 0.349. The van der Waals surface area contributed by atoms with Crippen molar-refractivity contribution in [1.82, 2.24) is 4.98 Å². The largest absolute Gasteiger partial charge is 0.380 e. The van der Waals surface area contributed by atoms with Crippen molar-refractivity contribution >= 4 is 15.9 Å². The van der Waals surface area contributed by atoms with Gasteiger partial charge in [-0.05, 0) is 28.1 Å². The molecule has 13 heavy (non-hydrogen) atoms. The van der Waals surface area contributed by atoms with Gasteiger partial charge in [0.15, 0.2) is 6.10 Å². The molecular formula is C7H7BrN2O3. The second kappa shape index (κ2) is 4.29. The van der Waals surface area contributed by atoms with E-state index in [0.29, 0.717) is 5.69 Å². The number of aliphatic hydroxyl groups is 1. The number of hydrogen-bond donors (Lipinski definition) is 1. The Labute approximate surface area is 82.7 Å². The third kappa shape index (κ3) is 3.08. The summed E-state index contributed by atoms with van der Waals surface area (Å²) in [6, 6.07) is 3.21. The maximum Gasteiger partial charge on any atom is 0.235 e. The van der Waals surface area contributed by atoms with Crippen molar-refractivity contribution in [2.24, 2.45) is 0 Å². The first-order chi connectivity index (χ1) is 6.09. The average Bonchev–Trinajstić information content (AvgIpc) is 2.04. The van der Waals surface area contributed by atoms with Gasteiger partial charge >= 0.3 is 0 Å². The first-order valence-corrected chi connectivity index (χ1v) is 4.30. The fourth-order valence-corrected chi connectivity index (χ4v) is 1.05. The van der Waals surface area contributed by atoms with Gasteiger partial charge in [-0.3, -0.25) is 15.1 Å². The molecule has 0 amide bonds. The zero-order valence-corrected chi connectivity index (χ0v) is 8.14. The van der Waals surface area contributed by atoms with Crippen molar-refractivity contribution in [3.05, 3.63) is 38.6 Å². The van der Waals surface area contributed by atoms with Crippen LogP contribution in [0.1, 0.15) is 11.8 Å². The molecule has 6 heteroatoms. The van der Waals surface area contributed by atoms with Gasteiger partial charge < -0.3 is 5.11 Å². The average molecular weight is 247 g/mol. The summed E-state index contributed by atoms with van der Waals surface area (Å²) < 4.78 is 0.768. The summed E-state index contributed by atoms with van der Waals surface area (Å²) in [6.45, 7) is -0.519. The SMILES string of the molecule is O=[N+]([O-])C[C@@H](O)c1ccc(Br)cn1. The molecule has 0 saturated heterocycles. The zero-order valence-electron chi connectivity index (χ0n) is 6.55. The normalized spacial score (nSPS) is 12.5. The number of pyridine rings is 1. The van der Waals surface area contributed by atoms with E-state index in [1.807, 2.05) is 0 Å². The van der Waals surface area contributed by atoms with E-state index < -0.39 is 17.6 Å². The van der Waals surface area contributed by atoms with E-state index in [0.717, 1.165) is 4.47 Å². The van der Waals surface area contributed by atoms with Gasteiger partial charge in [-0.2, -0.15) is 0 Å². The number of nitrogens with zero attached hydrogens (tertiary/aromatic N) is 2. The van der Waals surface area contributed by atoms with Crippen LogP contribution in [-0.2, 0) is 0 Å². The molecule has 1 heterocycles. The highest BCUT2D eigenvalue weighted by molar-refractivity contribution is 9.10. The minimum absolute atomic E-state index is 0.305. The number of aliphatic hydroxyl groups excluding tert-OH is 1. The van der Waals surface area contributed by atoms with Gasteiger partial charge in [-0.15, -0.1) is 0 Å². The Hall–Kier alpha value is -1.01. The third-order valence-corrected chi connectivity index (χ3v) is 1.88. The molecule has 70 valence electrons. The number of halogens is 1. The molecule has 5 nitrogen and oxygen atoms in total. The molecule has 0 spiro atoms. The van der Waals surface area contributed by atoms with Crippen LogP contribution in [0.25, 0.3) is 0 Å². The lowest BCUT2D eigenvalue weighted by atomic mass is 10.2. The zero-order chi connectivity index (χ0) is 9.84. The molecule has 0 radical (unpaired) electrons. The molecule has 0 aliphatic rings. The molecule has 1 aromatic heterocycles. The molecule has 0 aromatic carbocycles. The number of aromatic nitrogens is 1. The van der Waals surface area contributed by atoms with Crippen LogP contribution < -0.4 is 0 Å². The summed E-state index contributed by atoms with van der Waals surface area (Å²) in [4.78, 5) is 13.3. The van der Waals surface area contributed by atoms with Crippen LogP contribution in [-0.4, -0.2) is 21.6 Å². The van der Waals surface area contributed by atoms with Gasteiger partial charge in [0.05, 0.1) is 5.69 Å². The highest BCUT2D eigenvalue weighted by Crippen LogP contribution is 2.13. The predicted octanol–water partition coefficient (Wildman–Crippen LogP) is 1.15. The summed E-state index contributed by atoms with van der Waals surface area (Å²) >= 11 is 3.17. The summed E-state index contributed by atoms with van der Waals surface area (Å²) in [7, 11) is 0. The van der Waals surface area contributed by atoms with E-state index in [1.165, 1.54) is 12.3 Å². The van der Waals surface area contributed by atoms with E-state index in [2.05, 4.69) is 20.9 Å². The Kier molecular flexibility index (Phi) is 3.32. The van der Waals surface area contributed by atoms with Crippen LogP contribution in [0.15, 0.2) is 22.8 Å². The standard InChI is InChI=1S/C7H7BrN2O3/c8-5-1-2-6(9-3-5)7(11)4-10(12)13/h1-3,7,11H,4H2/t7-/m1/s1. The first-order valence-electron chi connectivity index (χ1n) is 3.51. The number of hydrogen-bond acceptors (Lipinski definition) is 4. The molecule has 0 aliphatic heterocycles. The van der Waals surface area contributed by atoms with Gasteiger partial charge in [-0.1, -0.05) is 0 Å². The van der Waals surface area contributed by atoms with Crippen LogP contribution in [0.5, 0.6) is 0 Å². The molecule has 1 N–H and O–H groups in total. The Morgan fingerprint density at radius 3 is 2.85 bits per heavy atom. The summed E-state index contributed by atoms with van der Waals surface area (Å²) in [5.41, 5.74) is 0.305. The second-order valence-corrected chi connectivity index (χ2v) is 3.35. The van der Waals surface area contributed by atoms with Gasteiger partial charge in [0, 0.05) is 15.6 Å². The van der Waals surface area contributed by atoms with Crippen molar-refractivity contribution in [1.29, 1.82) is 0 Å². The van der Waals surface area contributed by atoms with E-state index >= 15 is 0 Å². The topological polar surface area (TPSA) is 76.3 Å². The monoisotopic (exact) mass is 246 g/mol. The van der Waals surface area contributed by atoms with E-state index in [4.69, 9.17) is 0 Å². The molecule has 0 fully saturated rings. The maximum absolute atomic E-state index is 10.1. The van der Waals surface area contributed by atoms with Crippen LogP contribution in [0, 0.1) is 10.1 Å². The fourth-order valence-electron chi connectivity index (χ4n) is 0.819. The molecule has 0 bridgehead atoms. The molecule has 0 saturated carbocycles. The van der Waals surface area contributed by atoms with E-state index in [1.54, 1.807) is 6.07 Å². The fraction of sp³-hybridized carbons (Fsp3) is 0.286. The van der Waals surface area contributed by atoms with Crippen molar-refractivity contribution in [3.63, 3.8) is 0 Å². The molecular weight excluding hydrogens is 240 g/mol. The Morgan fingerprint density at radius 1 is 1.69 bits per heavy atom. The summed E-state index contributed by atoms with van der Waals surface area (Å²) in [5.74, 6) is 0. The Morgan fingerprint density at radius 2 is 2.38 bits per heavy atom. The van der Waals surface area contributed by atoms with Crippen molar-refractivity contribution in [3.8, 4) is 0 Å². The van der Waals surface area contributed by atoms with Crippen molar-refractivity contribution in [2.45, 2.75) is 6.10 Å². The summed E-state index contributed by atoms with van der Waals surface area (Å²) in [5, 5.41) is 19.3. The lowest BCUT2D eigenvalue weighted by Crippen LogP contribution is -2.12. The van der Waals surface area contributed by atoms with Crippen LogP contribution in [0.2, 0.25) is 0 Å². The Balaban J connectivity index is 2.71. The lowest BCUT2D eigenvalue weighted by molar-refractivity contribution is -0.491. The highest BCUT2D eigenvalue weighted by atomic mass is 79.9. The van der Waals surface area contributed by atoms with Gasteiger partial charge in [0.2, 0.25) is 6.54 Å². The predicted molar refractivity (Wildman–Crippen MR) is 48.8 cm³/mol. The van der Waals surface area contributed by atoms with Gasteiger partial charge in [-0.25, -0.2) is 0 Å². The third-order valence-electron chi connectivity index (χ3n) is 1.41. The number of rotatable bonds is 3. The van der Waals surface area contributed by atoms with Crippen LogP contribution in [0.4, 0.5) is 0 Å². The minimum atomic E-state index is -1.14. The van der Waals surface area contributed by atoms with Crippen LogP contribution >= 0.6 is 15.9 Å². The lowest BCUT2D eigenvalue weighted by Gasteiger charge is -2.04.